The number of alkyl halides is 3. The largest absolute Gasteiger partial charge is 0.494 e. The van der Waals surface area contributed by atoms with Crippen LogP contribution in [0.1, 0.15) is 141 Å². The molecule has 0 unspecified atom stereocenters. The number of para-hydroxylation sites is 2. The number of halogens is 4. The molecule has 16 heteroatoms. The van der Waals surface area contributed by atoms with E-state index in [9.17, 15) is 27.6 Å². The Balaban J connectivity index is 1.41. The number of ether oxygens (including phenoxy) is 2. The summed E-state index contributed by atoms with van der Waals surface area (Å²) in [4.78, 5) is 39.0. The highest BCUT2D eigenvalue weighted by molar-refractivity contribution is 6.34. The standard InChI is InChI=1S/C43H59ClF3N7O5/c1-9-10-11-12-13-14-15-16-17-20-25-58-28-23-24-30(49-39(57)43(45,46)47)29(26-28)37(56)48-31-21-18-19-22-32(31)59-27-33(55)50-42(7,8)41(5,6)38-52-51-36-34(44)35(40(2,3)4)53-54(36)38/h18-19,21-24,26,53H,9-17,20,25,27H2,1-8H3,(H,48,56)(H,49,57)(H,50,55). The van der Waals surface area contributed by atoms with Crippen LogP contribution < -0.4 is 25.4 Å². The van der Waals surface area contributed by atoms with Crippen molar-refractivity contribution in [3.8, 4) is 11.5 Å². The topological polar surface area (TPSA) is 152 Å². The molecule has 0 atom stereocenters. The first kappa shape index (κ1) is 46.9. The van der Waals surface area contributed by atoms with Gasteiger partial charge in [0.05, 0.1) is 29.2 Å². The summed E-state index contributed by atoms with van der Waals surface area (Å²) in [6.07, 6.45) is 6.23. The zero-order valence-electron chi connectivity index (χ0n) is 35.4. The van der Waals surface area contributed by atoms with Crippen LogP contribution in [0.5, 0.6) is 11.5 Å². The van der Waals surface area contributed by atoms with Gasteiger partial charge in [-0.15, -0.1) is 10.2 Å². The molecule has 4 N–H and O–H groups in total. The molecule has 0 aliphatic carbocycles. The van der Waals surface area contributed by atoms with Gasteiger partial charge in [-0.25, -0.2) is 4.52 Å². The molecule has 0 saturated carbocycles. The Morgan fingerprint density at radius 1 is 0.797 bits per heavy atom. The van der Waals surface area contributed by atoms with Crippen molar-refractivity contribution < 1.29 is 37.0 Å². The molecule has 3 amide bonds. The number of aromatic amines is 1. The SMILES string of the molecule is CCCCCCCCCCCCOc1ccc(NC(=O)C(F)(F)F)c(C(=O)Nc2ccccc2OCC(=O)NC(C)(C)C(C)(C)c2nnc3c(Cl)c(C(C)(C)C)[nH]n23)c1. The van der Waals surface area contributed by atoms with E-state index in [4.69, 9.17) is 21.1 Å². The van der Waals surface area contributed by atoms with Crippen molar-refractivity contribution in [1.82, 2.24) is 25.1 Å². The van der Waals surface area contributed by atoms with Crippen molar-refractivity contribution >= 4 is 46.3 Å². The Morgan fingerprint density at radius 2 is 1.42 bits per heavy atom. The molecular formula is C43H59ClF3N7O5. The number of nitrogens with one attached hydrogen (secondary N) is 4. The zero-order valence-corrected chi connectivity index (χ0v) is 36.2. The number of fused-ring (bicyclic) bond motifs is 1. The van der Waals surface area contributed by atoms with Gasteiger partial charge < -0.3 is 25.4 Å². The van der Waals surface area contributed by atoms with Crippen molar-refractivity contribution in [2.75, 3.05) is 23.8 Å². The number of hydrogen-bond donors (Lipinski definition) is 4. The number of anilines is 2. The van der Waals surface area contributed by atoms with Gasteiger partial charge in [0.2, 0.25) is 0 Å². The van der Waals surface area contributed by atoms with E-state index >= 15 is 0 Å². The van der Waals surface area contributed by atoms with Crippen LogP contribution in [-0.4, -0.2) is 62.5 Å². The minimum absolute atomic E-state index is 0.122. The Kier molecular flexibility index (Phi) is 15.9. The molecule has 0 spiro atoms. The van der Waals surface area contributed by atoms with Gasteiger partial charge in [0.1, 0.15) is 16.5 Å². The van der Waals surface area contributed by atoms with Crippen LogP contribution >= 0.6 is 11.6 Å². The van der Waals surface area contributed by atoms with Crippen LogP contribution in [0.4, 0.5) is 24.5 Å². The lowest BCUT2D eigenvalue weighted by Gasteiger charge is -2.40. The molecule has 0 aliphatic rings. The number of hydrogen-bond acceptors (Lipinski definition) is 7. The first-order chi connectivity index (χ1) is 27.7. The van der Waals surface area contributed by atoms with E-state index in [-0.39, 0.29) is 33.9 Å². The highest BCUT2D eigenvalue weighted by Crippen LogP contribution is 2.37. The molecule has 0 radical (unpaired) electrons. The number of carbonyl (C=O) groups excluding carboxylic acids is 3. The number of carbonyl (C=O) groups is 3. The average Bonchev–Trinajstić information content (AvgIpc) is 3.73. The summed E-state index contributed by atoms with van der Waals surface area (Å²) >= 11 is 6.65. The van der Waals surface area contributed by atoms with Crippen molar-refractivity contribution in [3.05, 3.63) is 64.6 Å². The first-order valence-electron chi connectivity index (χ1n) is 20.3. The maximum absolute atomic E-state index is 13.7. The van der Waals surface area contributed by atoms with Crippen LogP contribution in [0.25, 0.3) is 5.65 Å². The van der Waals surface area contributed by atoms with E-state index in [0.29, 0.717) is 23.1 Å². The van der Waals surface area contributed by atoms with Crippen LogP contribution in [0, 0.1) is 0 Å². The number of H-pyrrole nitrogens is 1. The number of unbranched alkanes of at least 4 members (excludes halogenated alkanes) is 9. The molecule has 2 aromatic heterocycles. The molecular weight excluding hydrogens is 787 g/mol. The molecule has 59 heavy (non-hydrogen) atoms. The maximum Gasteiger partial charge on any atom is 0.471 e. The Morgan fingerprint density at radius 3 is 2.05 bits per heavy atom. The molecule has 4 aromatic rings. The number of nitrogens with zero attached hydrogens (tertiary/aromatic N) is 3. The number of aromatic nitrogens is 4. The molecule has 0 fully saturated rings. The van der Waals surface area contributed by atoms with E-state index in [1.165, 1.54) is 68.9 Å². The highest BCUT2D eigenvalue weighted by Gasteiger charge is 2.44. The summed E-state index contributed by atoms with van der Waals surface area (Å²) in [7, 11) is 0. The lowest BCUT2D eigenvalue weighted by Crippen LogP contribution is -2.57. The third-order valence-electron chi connectivity index (χ3n) is 10.6. The third kappa shape index (κ3) is 12.4. The van der Waals surface area contributed by atoms with Crippen molar-refractivity contribution in [2.24, 2.45) is 0 Å². The Bertz CT molecular complexity index is 2050. The fourth-order valence-corrected chi connectivity index (χ4v) is 6.89. The average molecular weight is 846 g/mol. The van der Waals surface area contributed by atoms with Gasteiger partial charge in [-0.2, -0.15) is 13.2 Å². The van der Waals surface area contributed by atoms with Crippen LogP contribution in [0.15, 0.2) is 42.5 Å². The molecule has 0 bridgehead atoms. The molecule has 0 saturated heterocycles. The number of benzene rings is 2. The summed E-state index contributed by atoms with van der Waals surface area (Å²) < 4.78 is 53.2. The van der Waals surface area contributed by atoms with E-state index < -0.39 is 41.5 Å². The van der Waals surface area contributed by atoms with Gasteiger partial charge in [0.15, 0.2) is 18.1 Å². The lowest BCUT2D eigenvalue weighted by molar-refractivity contribution is -0.167. The van der Waals surface area contributed by atoms with Crippen LogP contribution in [-0.2, 0) is 20.4 Å². The molecule has 0 aliphatic heterocycles. The summed E-state index contributed by atoms with van der Waals surface area (Å²) in [5.41, 5.74) is -1.19. The van der Waals surface area contributed by atoms with E-state index in [1.54, 1.807) is 22.0 Å². The van der Waals surface area contributed by atoms with Crippen molar-refractivity contribution in [1.29, 1.82) is 0 Å². The fraction of sp³-hybridized carbons (Fsp3) is 0.558. The zero-order chi connectivity index (χ0) is 43.6. The maximum atomic E-state index is 13.7. The first-order valence-corrected chi connectivity index (χ1v) is 20.7. The monoisotopic (exact) mass is 845 g/mol. The Labute approximate surface area is 349 Å². The van der Waals surface area contributed by atoms with Gasteiger partial charge in [-0.1, -0.05) is 123 Å². The molecule has 2 aromatic carbocycles. The predicted octanol–water partition coefficient (Wildman–Crippen LogP) is 10.3. The minimum Gasteiger partial charge on any atom is -0.494 e. The normalized spacial score (nSPS) is 12.4. The second-order valence-electron chi connectivity index (χ2n) is 17.0. The van der Waals surface area contributed by atoms with Crippen LogP contribution in [0.2, 0.25) is 5.02 Å². The van der Waals surface area contributed by atoms with E-state index in [0.717, 1.165) is 31.4 Å². The van der Waals surface area contributed by atoms with Crippen molar-refractivity contribution in [3.63, 3.8) is 0 Å². The summed E-state index contributed by atoms with van der Waals surface area (Å²) in [6, 6.07) is 10.2. The van der Waals surface area contributed by atoms with E-state index in [2.05, 4.69) is 32.9 Å². The predicted molar refractivity (Wildman–Crippen MR) is 225 cm³/mol. The molecule has 324 valence electrons. The fourth-order valence-electron chi connectivity index (χ4n) is 6.44. The lowest BCUT2D eigenvalue weighted by atomic mass is 9.73. The van der Waals surface area contributed by atoms with Gasteiger partial charge >= 0.3 is 12.1 Å². The highest BCUT2D eigenvalue weighted by atomic mass is 35.5. The second kappa shape index (κ2) is 20.0. The quantitative estimate of drug-likeness (QED) is 0.0610. The number of rotatable bonds is 21. The summed E-state index contributed by atoms with van der Waals surface area (Å²) in [6.45, 7) is 15.7. The minimum atomic E-state index is -5.18. The summed E-state index contributed by atoms with van der Waals surface area (Å²) in [5.74, 6) is -2.63. The Hall–Kier alpha value is -4.79. The van der Waals surface area contributed by atoms with Gasteiger partial charge in [0.25, 0.3) is 11.8 Å². The molecule has 12 nitrogen and oxygen atoms in total. The van der Waals surface area contributed by atoms with E-state index in [1.807, 2.05) is 48.5 Å². The number of amides is 3. The van der Waals surface area contributed by atoms with Crippen molar-refractivity contribution in [2.45, 2.75) is 142 Å². The van der Waals surface area contributed by atoms with Gasteiger partial charge in [0, 0.05) is 16.4 Å². The van der Waals surface area contributed by atoms with Gasteiger partial charge in [-0.05, 0) is 50.6 Å². The third-order valence-corrected chi connectivity index (χ3v) is 11.0. The molecule has 2 heterocycles. The molecule has 4 rings (SSSR count). The second-order valence-corrected chi connectivity index (χ2v) is 17.3. The summed E-state index contributed by atoms with van der Waals surface area (Å²) in [5, 5.41) is 20.0. The smallest absolute Gasteiger partial charge is 0.471 e. The van der Waals surface area contributed by atoms with Crippen LogP contribution in [0.3, 0.4) is 0 Å². The van der Waals surface area contributed by atoms with Gasteiger partial charge in [-0.3, -0.25) is 19.5 Å².